The highest BCUT2D eigenvalue weighted by Gasteiger charge is 2.09. The molecule has 7 nitrogen and oxygen atoms in total. The minimum Gasteiger partial charge on any atom is -0.480 e. The van der Waals surface area contributed by atoms with E-state index in [1.54, 1.807) is 0 Å². The fourth-order valence-corrected chi connectivity index (χ4v) is 0.632. The lowest BCUT2D eigenvalue weighted by Crippen LogP contribution is -2.30. The zero-order valence-corrected chi connectivity index (χ0v) is 9.14. The summed E-state index contributed by atoms with van der Waals surface area (Å²) >= 11 is -3.40. The third-order valence-corrected chi connectivity index (χ3v) is 1.29. The fraction of sp³-hybridized carbons (Fsp3) is 0.833. The number of aliphatic carboxylic acids is 1. The minimum atomic E-state index is -3.40. The van der Waals surface area contributed by atoms with Gasteiger partial charge in [0.25, 0.3) is 0 Å². The Morgan fingerprint density at radius 2 is 1.86 bits per heavy atom. The molecule has 14 heavy (non-hydrogen) atoms. The molecule has 0 aliphatic rings. The van der Waals surface area contributed by atoms with E-state index >= 15 is 0 Å². The Labute approximate surface area is 87.2 Å². The minimum absolute atomic E-state index is 0.520. The molecule has 8 heteroatoms. The highest BCUT2D eigenvalue weighted by molar-refractivity contribution is 5.72. The van der Waals surface area contributed by atoms with Crippen LogP contribution in [0.4, 0.5) is 0 Å². The normalized spacial score (nSPS) is 11.9. The number of halogens is 1. The molecule has 0 fully saturated rings. The van der Waals surface area contributed by atoms with Gasteiger partial charge >= 0.3 is 20.8 Å². The van der Waals surface area contributed by atoms with Crippen molar-refractivity contribution in [1.82, 2.24) is 0 Å². The second-order valence-electron chi connectivity index (χ2n) is 2.43. The molecule has 86 valence electrons. The Hall–Kier alpha value is -0.250. The maximum Gasteiger partial charge on any atom is 0.433 e. The monoisotopic (exact) mass is 274 g/mol. The van der Waals surface area contributed by atoms with Gasteiger partial charge in [0.2, 0.25) is 0 Å². The molecule has 0 heterocycles. The number of unbranched alkanes of at least 4 members (excludes halogenated alkanes) is 1. The van der Waals surface area contributed by atoms with Gasteiger partial charge in [-0.2, -0.15) is 0 Å². The second-order valence-corrected chi connectivity index (χ2v) is 3.27. The highest BCUT2D eigenvalue weighted by atomic mass is 80.0. The van der Waals surface area contributed by atoms with E-state index in [-0.39, 0.29) is 0 Å². The molecular weight excluding hydrogens is 260 g/mol. The van der Waals surface area contributed by atoms with Crippen LogP contribution < -0.4 is 19.9 Å². The van der Waals surface area contributed by atoms with Crippen LogP contribution >= 0.6 is 0 Å². The first-order valence-corrected chi connectivity index (χ1v) is 5.85. The largest absolute Gasteiger partial charge is 0.480 e. The molecule has 0 bridgehead atoms. The summed E-state index contributed by atoms with van der Waals surface area (Å²) in [6.45, 7) is 0.604. The molecule has 0 aromatic heterocycles. The van der Waals surface area contributed by atoms with Gasteiger partial charge in [0.1, 0.15) is 6.04 Å². The zero-order chi connectivity index (χ0) is 11.6. The van der Waals surface area contributed by atoms with Crippen LogP contribution in [0.3, 0.4) is 0 Å². The number of hydrogen-bond donors (Lipinski definition) is 4. The molecule has 0 rings (SSSR count). The first-order chi connectivity index (χ1) is 6.41. The Kier molecular flexibility index (Phi) is 12.5. The van der Waals surface area contributed by atoms with Crippen molar-refractivity contribution in [1.29, 1.82) is 0 Å². The van der Waals surface area contributed by atoms with Crippen LogP contribution in [0.5, 0.6) is 0 Å². The zero-order valence-electron chi connectivity index (χ0n) is 7.56. The summed E-state index contributed by atoms with van der Waals surface area (Å²) in [5.41, 5.74) is 10.4. The highest BCUT2D eigenvalue weighted by Crippen LogP contribution is 1.96. The number of hydrogen-bond acceptors (Lipinski definition) is 6. The maximum atomic E-state index is 10.1. The lowest BCUT2D eigenvalue weighted by molar-refractivity contribution is -1.63. The molecule has 0 saturated heterocycles. The van der Waals surface area contributed by atoms with E-state index in [1.807, 2.05) is 0 Å². The van der Waals surface area contributed by atoms with E-state index in [0.717, 1.165) is 12.8 Å². The smallest absolute Gasteiger partial charge is 0.433 e. The van der Waals surface area contributed by atoms with Gasteiger partial charge in [0, 0.05) is 0 Å². The first kappa shape index (κ1) is 16.2. The van der Waals surface area contributed by atoms with Crippen molar-refractivity contribution < 1.29 is 37.3 Å². The summed E-state index contributed by atoms with van der Waals surface area (Å²) in [5, 5.41) is 8.33. The molecule has 0 aliphatic carbocycles. The number of carbonyl (C=O) groups is 1. The molecule has 0 amide bonds. The molecule has 0 radical (unpaired) electrons. The van der Waals surface area contributed by atoms with Crippen LogP contribution in [0.2, 0.25) is 0 Å². The molecule has 6 N–H and O–H groups in total. The molecule has 0 unspecified atom stereocenters. The molecule has 0 saturated carbocycles. The molecule has 0 spiro atoms. The van der Waals surface area contributed by atoms with Crippen LogP contribution in [0.1, 0.15) is 19.3 Å². The third-order valence-electron chi connectivity index (χ3n) is 1.29. The van der Waals surface area contributed by atoms with Crippen LogP contribution in [-0.4, -0.2) is 27.9 Å². The van der Waals surface area contributed by atoms with Gasteiger partial charge in [0.05, 0.1) is 0 Å². The standard InChI is InChI=1S/C6H14N2O2.BrHO3/c7-4-2-1-3-5(8)6(9)10;2-1(3)4/h5H,1-4,7-8H2,(H,9,10);2H/t5-;/m0./s1. The number of rotatable bonds is 5. The predicted molar refractivity (Wildman–Crippen MR) is 40.7 cm³/mol. The molecule has 0 aromatic rings. The van der Waals surface area contributed by atoms with Crippen molar-refractivity contribution in [3.05, 3.63) is 0 Å². The van der Waals surface area contributed by atoms with Gasteiger partial charge in [-0.3, -0.25) is 4.79 Å². The predicted octanol–water partition coefficient (Wildman–Crippen LogP) is -3.41. The fourth-order valence-electron chi connectivity index (χ4n) is 0.632. The van der Waals surface area contributed by atoms with E-state index in [9.17, 15) is 4.79 Å². The second kappa shape index (κ2) is 10.8. The van der Waals surface area contributed by atoms with Gasteiger partial charge in [-0.05, 0) is 23.6 Å². The van der Waals surface area contributed by atoms with Crippen molar-refractivity contribution in [2.45, 2.75) is 25.3 Å². The molecule has 0 aromatic carbocycles. The SMILES string of the molecule is NCCCC[C@H](N)C(=O)O.[O-][Br+2]([O-])O. The molecule has 0 aliphatic heterocycles. The number of carboxylic acids is 1. The van der Waals surface area contributed by atoms with Crippen molar-refractivity contribution >= 4 is 5.97 Å². The van der Waals surface area contributed by atoms with Crippen molar-refractivity contribution in [3.63, 3.8) is 0 Å². The summed E-state index contributed by atoms with van der Waals surface area (Å²) in [5.74, 6) is -0.933. The average molecular weight is 275 g/mol. The van der Waals surface area contributed by atoms with Gasteiger partial charge in [-0.15, -0.1) is 0 Å². The Morgan fingerprint density at radius 3 is 2.14 bits per heavy atom. The van der Waals surface area contributed by atoms with Gasteiger partial charge < -0.3 is 25.0 Å². The van der Waals surface area contributed by atoms with Crippen LogP contribution in [0.25, 0.3) is 0 Å². The van der Waals surface area contributed by atoms with Gasteiger partial charge in [-0.1, -0.05) is 6.42 Å². The van der Waals surface area contributed by atoms with Crippen LogP contribution in [0.15, 0.2) is 0 Å². The van der Waals surface area contributed by atoms with Gasteiger partial charge in [0.15, 0.2) is 0 Å². The molecule has 1 atom stereocenters. The summed E-state index contributed by atoms with van der Waals surface area (Å²) in [6.07, 6.45) is 2.16. The van der Waals surface area contributed by atoms with E-state index < -0.39 is 26.8 Å². The number of carboxylic acid groups (broad SMARTS) is 1. The Bertz CT molecular complexity index is 143. The maximum absolute atomic E-state index is 10.1. The lowest BCUT2D eigenvalue weighted by atomic mass is 10.1. The van der Waals surface area contributed by atoms with Crippen LogP contribution in [0, 0.1) is 14.8 Å². The van der Waals surface area contributed by atoms with Gasteiger partial charge in [-0.25, -0.2) is 0 Å². The number of nitrogens with two attached hydrogens (primary N) is 2. The Morgan fingerprint density at radius 1 is 1.43 bits per heavy atom. The van der Waals surface area contributed by atoms with E-state index in [4.69, 9.17) is 29.2 Å². The quantitative estimate of drug-likeness (QED) is 0.381. The average Bonchev–Trinajstić information content (AvgIpc) is 2.03. The summed E-state index contributed by atoms with van der Waals surface area (Å²) in [7, 11) is 0. The van der Waals surface area contributed by atoms with E-state index in [2.05, 4.69) is 0 Å². The summed E-state index contributed by atoms with van der Waals surface area (Å²) in [4.78, 5) is 10.1. The van der Waals surface area contributed by atoms with Crippen molar-refractivity contribution in [2.75, 3.05) is 6.54 Å². The third kappa shape index (κ3) is 17.7. The van der Waals surface area contributed by atoms with E-state index in [1.165, 1.54) is 0 Å². The van der Waals surface area contributed by atoms with E-state index in [0.29, 0.717) is 13.0 Å². The van der Waals surface area contributed by atoms with Crippen molar-refractivity contribution in [3.8, 4) is 0 Å². The molecular formula is C6H15BrN2O5. The van der Waals surface area contributed by atoms with Crippen LogP contribution in [-0.2, 0) is 4.79 Å². The lowest BCUT2D eigenvalue weighted by Gasteiger charge is -2.03. The summed E-state index contributed by atoms with van der Waals surface area (Å²) < 4.78 is 24.3. The summed E-state index contributed by atoms with van der Waals surface area (Å²) in [6, 6.07) is -0.716. The Balaban J connectivity index is 0. The van der Waals surface area contributed by atoms with Crippen molar-refractivity contribution in [2.24, 2.45) is 11.5 Å². The first-order valence-electron chi connectivity index (χ1n) is 3.84. The topological polar surface area (TPSA) is 156 Å².